The van der Waals surface area contributed by atoms with Gasteiger partial charge in [-0.3, -0.25) is 4.79 Å². The number of carbonyl (C=O) groups excluding carboxylic acids is 1. The van der Waals surface area contributed by atoms with E-state index in [2.05, 4.69) is 5.32 Å². The Hall–Kier alpha value is -2.86. The van der Waals surface area contributed by atoms with E-state index in [1.165, 1.54) is 0 Å². The number of nitrogens with one attached hydrogen (secondary N) is 1. The fraction of sp³-hybridized carbons (Fsp3) is 0.263. The van der Waals surface area contributed by atoms with Crippen LogP contribution in [0.4, 0.5) is 5.69 Å². The average molecular weight is 340 g/mol. The SMILES string of the molecule is COc1ccccc1N1CCC(NCc2ccc(C(=O)O)cc2)C1=O. The summed E-state index contributed by atoms with van der Waals surface area (Å²) in [5.74, 6) is -0.245. The van der Waals surface area contributed by atoms with E-state index in [0.29, 0.717) is 25.3 Å². The molecule has 1 saturated heterocycles. The summed E-state index contributed by atoms with van der Waals surface area (Å²) in [5, 5.41) is 12.2. The highest BCUT2D eigenvalue weighted by Gasteiger charge is 2.33. The Morgan fingerprint density at radius 3 is 2.64 bits per heavy atom. The molecule has 1 aliphatic rings. The van der Waals surface area contributed by atoms with Crippen LogP contribution in [0.3, 0.4) is 0 Å². The molecule has 0 aromatic heterocycles. The summed E-state index contributed by atoms with van der Waals surface area (Å²) in [4.78, 5) is 25.3. The second-order valence-electron chi connectivity index (χ2n) is 5.89. The van der Waals surface area contributed by atoms with Crippen LogP contribution in [-0.4, -0.2) is 36.7 Å². The summed E-state index contributed by atoms with van der Waals surface area (Å²) in [5.41, 5.74) is 1.97. The van der Waals surface area contributed by atoms with Crippen molar-refractivity contribution in [3.8, 4) is 5.75 Å². The standard InChI is InChI=1S/C19H20N2O4/c1-25-17-5-3-2-4-16(17)21-11-10-15(18(21)22)20-12-13-6-8-14(9-7-13)19(23)24/h2-9,15,20H,10-12H2,1H3,(H,23,24). The molecule has 3 rings (SSSR count). The molecular formula is C19H20N2O4. The highest BCUT2D eigenvalue weighted by Crippen LogP contribution is 2.31. The molecule has 0 spiro atoms. The predicted molar refractivity (Wildman–Crippen MR) is 94.0 cm³/mol. The van der Waals surface area contributed by atoms with E-state index in [1.54, 1.807) is 36.3 Å². The van der Waals surface area contributed by atoms with Gasteiger partial charge in [0.25, 0.3) is 0 Å². The molecule has 0 aliphatic carbocycles. The Kier molecular flexibility index (Phi) is 5.00. The molecule has 2 N–H and O–H groups in total. The highest BCUT2D eigenvalue weighted by atomic mass is 16.5. The third-order valence-electron chi connectivity index (χ3n) is 4.33. The number of carboxylic acid groups (broad SMARTS) is 1. The molecule has 6 heteroatoms. The molecule has 25 heavy (non-hydrogen) atoms. The molecule has 6 nitrogen and oxygen atoms in total. The van der Waals surface area contributed by atoms with E-state index in [4.69, 9.17) is 9.84 Å². The van der Waals surface area contributed by atoms with Gasteiger partial charge in [0, 0.05) is 13.1 Å². The normalized spacial score (nSPS) is 16.9. The number of para-hydroxylation sites is 2. The van der Waals surface area contributed by atoms with Gasteiger partial charge in [-0.1, -0.05) is 24.3 Å². The van der Waals surface area contributed by atoms with Crippen LogP contribution in [0.5, 0.6) is 5.75 Å². The molecule has 130 valence electrons. The number of methoxy groups -OCH3 is 1. The van der Waals surface area contributed by atoms with Gasteiger partial charge in [0.05, 0.1) is 24.4 Å². The van der Waals surface area contributed by atoms with Crippen molar-refractivity contribution in [2.75, 3.05) is 18.6 Å². The van der Waals surface area contributed by atoms with Crippen molar-refractivity contribution >= 4 is 17.6 Å². The first-order valence-corrected chi connectivity index (χ1v) is 8.10. The maximum atomic E-state index is 12.7. The Morgan fingerprint density at radius 2 is 1.96 bits per heavy atom. The summed E-state index contributed by atoms with van der Waals surface area (Å²) in [6.07, 6.45) is 0.712. The molecule has 1 aliphatic heterocycles. The number of nitrogens with zero attached hydrogens (tertiary/aromatic N) is 1. The molecule has 0 radical (unpaired) electrons. The lowest BCUT2D eigenvalue weighted by Crippen LogP contribution is -2.38. The van der Waals surface area contributed by atoms with Gasteiger partial charge in [-0.25, -0.2) is 4.79 Å². The molecule has 0 saturated carbocycles. The van der Waals surface area contributed by atoms with Crippen LogP contribution in [0.1, 0.15) is 22.3 Å². The molecule has 2 aromatic carbocycles. The molecule has 1 unspecified atom stereocenters. The van der Waals surface area contributed by atoms with Crippen LogP contribution >= 0.6 is 0 Å². The number of anilines is 1. The van der Waals surface area contributed by atoms with Crippen molar-refractivity contribution in [1.29, 1.82) is 0 Å². The number of carbonyl (C=O) groups is 2. The molecule has 1 fully saturated rings. The van der Waals surface area contributed by atoms with Crippen LogP contribution < -0.4 is 15.0 Å². The van der Waals surface area contributed by atoms with Crippen molar-refractivity contribution < 1.29 is 19.4 Å². The van der Waals surface area contributed by atoms with Gasteiger partial charge in [-0.2, -0.15) is 0 Å². The van der Waals surface area contributed by atoms with Crippen molar-refractivity contribution in [1.82, 2.24) is 5.32 Å². The summed E-state index contributed by atoms with van der Waals surface area (Å²) in [7, 11) is 1.59. The maximum Gasteiger partial charge on any atom is 0.335 e. The van der Waals surface area contributed by atoms with Gasteiger partial charge in [0.15, 0.2) is 0 Å². The zero-order chi connectivity index (χ0) is 17.8. The maximum absolute atomic E-state index is 12.7. The van der Waals surface area contributed by atoms with Crippen LogP contribution in [0.2, 0.25) is 0 Å². The van der Waals surface area contributed by atoms with Crippen LogP contribution in [0.15, 0.2) is 48.5 Å². The Bertz CT molecular complexity index is 773. The summed E-state index contributed by atoms with van der Waals surface area (Å²) in [6.45, 7) is 1.14. The van der Waals surface area contributed by atoms with Crippen LogP contribution in [0, 0.1) is 0 Å². The van der Waals surface area contributed by atoms with E-state index >= 15 is 0 Å². The highest BCUT2D eigenvalue weighted by molar-refractivity contribution is 6.00. The topological polar surface area (TPSA) is 78.9 Å². The second kappa shape index (κ2) is 7.36. The van der Waals surface area contributed by atoms with E-state index in [9.17, 15) is 9.59 Å². The van der Waals surface area contributed by atoms with E-state index in [1.807, 2.05) is 24.3 Å². The van der Waals surface area contributed by atoms with Gasteiger partial charge < -0.3 is 20.1 Å². The lowest BCUT2D eigenvalue weighted by Gasteiger charge is -2.19. The minimum absolute atomic E-state index is 0.0201. The molecular weight excluding hydrogens is 320 g/mol. The van der Waals surface area contributed by atoms with E-state index in [0.717, 1.165) is 11.3 Å². The molecule has 0 bridgehead atoms. The van der Waals surface area contributed by atoms with Gasteiger partial charge in [0.2, 0.25) is 5.91 Å². The Morgan fingerprint density at radius 1 is 1.24 bits per heavy atom. The molecule has 1 heterocycles. The largest absolute Gasteiger partial charge is 0.495 e. The first-order chi connectivity index (χ1) is 12.1. The first kappa shape index (κ1) is 17.0. The van der Waals surface area contributed by atoms with Gasteiger partial charge in [0.1, 0.15) is 5.75 Å². The average Bonchev–Trinajstić information content (AvgIpc) is 3.00. The minimum atomic E-state index is -0.946. The fourth-order valence-electron chi connectivity index (χ4n) is 2.97. The predicted octanol–water partition coefficient (Wildman–Crippen LogP) is 2.29. The van der Waals surface area contributed by atoms with Crippen LogP contribution in [0.25, 0.3) is 0 Å². The van der Waals surface area contributed by atoms with E-state index in [-0.39, 0.29) is 17.5 Å². The minimum Gasteiger partial charge on any atom is -0.495 e. The fourth-order valence-corrected chi connectivity index (χ4v) is 2.97. The second-order valence-corrected chi connectivity index (χ2v) is 5.89. The number of carboxylic acids is 1. The lowest BCUT2D eigenvalue weighted by atomic mass is 10.1. The quantitative estimate of drug-likeness (QED) is 0.843. The number of amides is 1. The number of ether oxygens (including phenoxy) is 1. The monoisotopic (exact) mass is 340 g/mol. The molecule has 1 amide bonds. The summed E-state index contributed by atoms with van der Waals surface area (Å²) < 4.78 is 5.34. The van der Waals surface area contributed by atoms with Crippen molar-refractivity contribution in [3.63, 3.8) is 0 Å². The van der Waals surface area contributed by atoms with Gasteiger partial charge in [-0.15, -0.1) is 0 Å². The zero-order valence-electron chi connectivity index (χ0n) is 13.9. The van der Waals surface area contributed by atoms with Crippen molar-refractivity contribution in [2.24, 2.45) is 0 Å². The Labute approximate surface area is 146 Å². The third kappa shape index (κ3) is 3.64. The lowest BCUT2D eigenvalue weighted by molar-refractivity contribution is -0.118. The smallest absolute Gasteiger partial charge is 0.335 e. The number of hydrogen-bond donors (Lipinski definition) is 2. The van der Waals surface area contributed by atoms with Crippen molar-refractivity contribution in [2.45, 2.75) is 19.0 Å². The number of aromatic carboxylic acids is 1. The Balaban J connectivity index is 1.63. The van der Waals surface area contributed by atoms with Crippen LogP contribution in [-0.2, 0) is 11.3 Å². The summed E-state index contributed by atoms with van der Waals surface area (Å²) in [6, 6.07) is 13.9. The third-order valence-corrected chi connectivity index (χ3v) is 4.33. The zero-order valence-corrected chi connectivity index (χ0v) is 13.9. The van der Waals surface area contributed by atoms with Crippen molar-refractivity contribution in [3.05, 3.63) is 59.7 Å². The van der Waals surface area contributed by atoms with Gasteiger partial charge in [-0.05, 0) is 36.2 Å². The number of hydrogen-bond acceptors (Lipinski definition) is 4. The van der Waals surface area contributed by atoms with E-state index < -0.39 is 5.97 Å². The summed E-state index contributed by atoms with van der Waals surface area (Å²) >= 11 is 0. The van der Waals surface area contributed by atoms with Gasteiger partial charge >= 0.3 is 5.97 Å². The molecule has 1 atom stereocenters. The number of rotatable bonds is 6. The molecule has 2 aromatic rings. The first-order valence-electron chi connectivity index (χ1n) is 8.10. The number of benzene rings is 2.